The van der Waals surface area contributed by atoms with Crippen LogP contribution in [0.3, 0.4) is 0 Å². The minimum Gasteiger partial charge on any atom is -0.465 e. The lowest BCUT2D eigenvalue weighted by Crippen LogP contribution is -2.46. The lowest BCUT2D eigenvalue weighted by molar-refractivity contribution is 0.359. The number of furan rings is 1. The number of nitrogens with one attached hydrogen (secondary N) is 1. The van der Waals surface area contributed by atoms with Crippen LogP contribution in [0.1, 0.15) is 11.5 Å². The van der Waals surface area contributed by atoms with Gasteiger partial charge in [-0.25, -0.2) is 8.42 Å². The van der Waals surface area contributed by atoms with Crippen molar-refractivity contribution >= 4 is 10.0 Å². The van der Waals surface area contributed by atoms with E-state index in [1.165, 1.54) is 4.31 Å². The molecule has 0 spiro atoms. The molecule has 1 N–H and O–H groups in total. The molecule has 1 aromatic heterocycles. The van der Waals surface area contributed by atoms with Crippen molar-refractivity contribution in [2.75, 3.05) is 26.2 Å². The summed E-state index contributed by atoms with van der Waals surface area (Å²) < 4.78 is 31.3. The average molecular weight is 244 g/mol. The smallest absolute Gasteiger partial charge is 0.246 e. The zero-order valence-corrected chi connectivity index (χ0v) is 10.3. The van der Waals surface area contributed by atoms with Gasteiger partial charge in [0.05, 0.1) is 0 Å². The summed E-state index contributed by atoms with van der Waals surface area (Å²) in [6, 6.07) is 1.59. The monoisotopic (exact) mass is 244 g/mol. The number of nitrogens with zero attached hydrogens (tertiary/aromatic N) is 1. The molecule has 5 nitrogen and oxygen atoms in total. The molecule has 1 aliphatic heterocycles. The van der Waals surface area contributed by atoms with E-state index in [4.69, 9.17) is 4.42 Å². The van der Waals surface area contributed by atoms with Crippen LogP contribution >= 0.6 is 0 Å². The highest BCUT2D eigenvalue weighted by Crippen LogP contribution is 2.23. The van der Waals surface area contributed by atoms with Gasteiger partial charge in [-0.05, 0) is 19.9 Å². The van der Waals surface area contributed by atoms with Gasteiger partial charge in [0.1, 0.15) is 16.4 Å². The van der Waals surface area contributed by atoms with E-state index >= 15 is 0 Å². The van der Waals surface area contributed by atoms with Gasteiger partial charge in [-0.15, -0.1) is 0 Å². The van der Waals surface area contributed by atoms with E-state index < -0.39 is 10.0 Å². The third-order valence-corrected chi connectivity index (χ3v) is 4.70. The van der Waals surface area contributed by atoms with Gasteiger partial charge in [-0.1, -0.05) is 0 Å². The third kappa shape index (κ3) is 2.00. The molecule has 1 aliphatic rings. The maximum absolute atomic E-state index is 12.3. The Morgan fingerprint density at radius 2 is 1.94 bits per heavy atom. The molecule has 2 heterocycles. The van der Waals surface area contributed by atoms with Crippen molar-refractivity contribution in [2.45, 2.75) is 18.7 Å². The predicted octanol–water partition coefficient (Wildman–Crippen LogP) is 0.490. The van der Waals surface area contributed by atoms with Crippen LogP contribution in [-0.4, -0.2) is 38.9 Å². The zero-order valence-electron chi connectivity index (χ0n) is 9.49. The van der Waals surface area contributed by atoms with E-state index in [9.17, 15) is 8.42 Å². The molecule has 1 aromatic rings. The van der Waals surface area contributed by atoms with Gasteiger partial charge in [-0.3, -0.25) is 0 Å². The van der Waals surface area contributed by atoms with E-state index in [-0.39, 0.29) is 0 Å². The van der Waals surface area contributed by atoms with Gasteiger partial charge >= 0.3 is 0 Å². The molecular weight excluding hydrogens is 228 g/mol. The van der Waals surface area contributed by atoms with Crippen LogP contribution in [0.4, 0.5) is 0 Å². The van der Waals surface area contributed by atoms with E-state index in [1.807, 2.05) is 0 Å². The first-order valence-corrected chi connectivity index (χ1v) is 6.74. The molecule has 0 unspecified atom stereocenters. The van der Waals surface area contributed by atoms with E-state index in [1.54, 1.807) is 19.9 Å². The van der Waals surface area contributed by atoms with Crippen molar-refractivity contribution in [2.24, 2.45) is 0 Å². The Balaban J connectivity index is 2.34. The highest BCUT2D eigenvalue weighted by atomic mass is 32.2. The number of rotatable bonds is 2. The second kappa shape index (κ2) is 4.20. The molecule has 90 valence electrons. The molecule has 0 bridgehead atoms. The molecule has 0 amide bonds. The highest BCUT2D eigenvalue weighted by molar-refractivity contribution is 7.89. The third-order valence-electron chi connectivity index (χ3n) is 2.69. The Morgan fingerprint density at radius 1 is 1.31 bits per heavy atom. The molecule has 1 saturated heterocycles. The van der Waals surface area contributed by atoms with Gasteiger partial charge < -0.3 is 9.73 Å². The lowest BCUT2D eigenvalue weighted by Gasteiger charge is -2.26. The van der Waals surface area contributed by atoms with Crippen LogP contribution in [0.5, 0.6) is 0 Å². The van der Waals surface area contributed by atoms with Gasteiger partial charge in [-0.2, -0.15) is 4.31 Å². The van der Waals surface area contributed by atoms with Gasteiger partial charge in [0, 0.05) is 26.2 Å². The van der Waals surface area contributed by atoms with Crippen molar-refractivity contribution in [3.05, 3.63) is 17.6 Å². The molecule has 6 heteroatoms. The summed E-state index contributed by atoms with van der Waals surface area (Å²) in [5.41, 5.74) is 0. The Hall–Kier alpha value is -0.850. The number of hydrogen-bond donors (Lipinski definition) is 1. The summed E-state index contributed by atoms with van der Waals surface area (Å²) in [5.74, 6) is 1.10. The van der Waals surface area contributed by atoms with Crippen molar-refractivity contribution in [1.29, 1.82) is 0 Å². The quantitative estimate of drug-likeness (QED) is 0.822. The molecule has 0 aromatic carbocycles. The van der Waals surface area contributed by atoms with E-state index in [0.29, 0.717) is 42.6 Å². The highest BCUT2D eigenvalue weighted by Gasteiger charge is 2.29. The van der Waals surface area contributed by atoms with Gasteiger partial charge in [0.15, 0.2) is 0 Å². The van der Waals surface area contributed by atoms with Gasteiger partial charge in [0.2, 0.25) is 10.0 Å². The summed E-state index contributed by atoms with van der Waals surface area (Å²) in [4.78, 5) is 0.298. The van der Waals surface area contributed by atoms with E-state index in [0.717, 1.165) is 0 Å². The van der Waals surface area contributed by atoms with Crippen LogP contribution < -0.4 is 5.32 Å². The number of sulfonamides is 1. The fourth-order valence-corrected chi connectivity index (χ4v) is 3.55. The van der Waals surface area contributed by atoms with Crippen LogP contribution in [0.2, 0.25) is 0 Å². The van der Waals surface area contributed by atoms with Crippen molar-refractivity contribution < 1.29 is 12.8 Å². The largest absolute Gasteiger partial charge is 0.465 e. The van der Waals surface area contributed by atoms with Crippen LogP contribution in [0, 0.1) is 13.8 Å². The Labute approximate surface area is 95.5 Å². The first kappa shape index (κ1) is 11.6. The SMILES string of the molecule is Cc1cc(S(=O)(=O)N2CCNCC2)c(C)o1. The summed E-state index contributed by atoms with van der Waals surface area (Å²) in [6.45, 7) is 5.88. The average Bonchev–Trinajstić information content (AvgIpc) is 2.60. The standard InChI is InChI=1S/C10H16N2O3S/c1-8-7-10(9(2)15-8)16(13,14)12-5-3-11-4-6-12/h7,11H,3-6H2,1-2H3. The first-order chi connectivity index (χ1) is 7.51. The fraction of sp³-hybridized carbons (Fsp3) is 0.600. The maximum atomic E-state index is 12.3. The summed E-state index contributed by atoms with van der Waals surface area (Å²) in [7, 11) is -3.37. The maximum Gasteiger partial charge on any atom is 0.246 e. The summed E-state index contributed by atoms with van der Waals surface area (Å²) in [6.07, 6.45) is 0. The van der Waals surface area contributed by atoms with Crippen LogP contribution in [0.15, 0.2) is 15.4 Å². The number of piperazine rings is 1. The molecule has 16 heavy (non-hydrogen) atoms. The second-order valence-electron chi connectivity index (χ2n) is 3.93. The fourth-order valence-electron chi connectivity index (χ4n) is 1.89. The normalized spacial score (nSPS) is 18.9. The first-order valence-electron chi connectivity index (χ1n) is 5.30. The molecule has 0 saturated carbocycles. The van der Waals surface area contributed by atoms with E-state index in [2.05, 4.69) is 5.32 Å². The summed E-state index contributed by atoms with van der Waals surface area (Å²) in [5, 5.41) is 3.13. The minimum atomic E-state index is -3.37. The molecule has 0 radical (unpaired) electrons. The molecule has 2 rings (SSSR count). The molecule has 0 atom stereocenters. The predicted molar refractivity (Wildman–Crippen MR) is 59.8 cm³/mol. The number of aryl methyl sites for hydroxylation is 2. The van der Waals surface area contributed by atoms with Gasteiger partial charge in [0.25, 0.3) is 0 Å². The number of hydrogen-bond acceptors (Lipinski definition) is 4. The zero-order chi connectivity index (χ0) is 11.8. The van der Waals surface area contributed by atoms with Crippen LogP contribution in [-0.2, 0) is 10.0 Å². The summed E-state index contributed by atoms with van der Waals surface area (Å²) >= 11 is 0. The lowest BCUT2D eigenvalue weighted by atomic mass is 10.4. The van der Waals surface area contributed by atoms with Crippen molar-refractivity contribution in [3.63, 3.8) is 0 Å². The molecular formula is C10H16N2O3S. The molecule has 1 fully saturated rings. The second-order valence-corrected chi connectivity index (χ2v) is 5.84. The van der Waals surface area contributed by atoms with Crippen LogP contribution in [0.25, 0.3) is 0 Å². The minimum absolute atomic E-state index is 0.298. The molecule has 0 aliphatic carbocycles. The topological polar surface area (TPSA) is 62.6 Å². The Bertz CT molecular complexity index is 472. The van der Waals surface area contributed by atoms with Crippen molar-refractivity contribution in [3.8, 4) is 0 Å². The van der Waals surface area contributed by atoms with Crippen molar-refractivity contribution in [1.82, 2.24) is 9.62 Å². The Kier molecular flexibility index (Phi) is 3.05. The Morgan fingerprint density at radius 3 is 2.44 bits per heavy atom.